The zero-order valence-corrected chi connectivity index (χ0v) is 23.7. The van der Waals surface area contributed by atoms with Crippen LogP contribution in [0.3, 0.4) is 0 Å². The highest BCUT2D eigenvalue weighted by Gasteiger charge is 2.65. The van der Waals surface area contributed by atoms with Crippen molar-refractivity contribution in [2.24, 2.45) is 23.2 Å². The minimum absolute atomic E-state index is 0.131. The zero-order valence-electron chi connectivity index (χ0n) is 22.0. The summed E-state index contributed by atoms with van der Waals surface area (Å²) >= 11 is 0. The fraction of sp³-hybridized carbons (Fsp3) is 0.607. The smallest absolute Gasteiger partial charge is 0.432 e. The van der Waals surface area contributed by atoms with Crippen LogP contribution in [0.1, 0.15) is 51.4 Å². The fourth-order valence-corrected chi connectivity index (χ4v) is 10.4. The maximum atomic E-state index is 13.5. The van der Waals surface area contributed by atoms with Gasteiger partial charge in [-0.05, 0) is 87.3 Å². The average Bonchev–Trinajstić information content (AvgIpc) is 3.40. The molecule has 1 heterocycles. The molecule has 226 valence electrons. The van der Waals surface area contributed by atoms with Crippen molar-refractivity contribution in [3.8, 4) is 5.75 Å². The summed E-state index contributed by atoms with van der Waals surface area (Å²) in [7, 11) is -6.25. The number of aromatic hydroxyl groups is 1. The molecule has 5 fully saturated rings. The Bertz CT molecular complexity index is 1370. The van der Waals surface area contributed by atoms with Gasteiger partial charge >= 0.3 is 17.4 Å². The first-order valence-corrected chi connectivity index (χ1v) is 16.6. The van der Waals surface area contributed by atoms with Gasteiger partial charge in [0, 0.05) is 21.7 Å². The van der Waals surface area contributed by atoms with Crippen LogP contribution in [-0.4, -0.2) is 53.1 Å². The maximum absolute atomic E-state index is 13.5. The van der Waals surface area contributed by atoms with Crippen LogP contribution in [0.25, 0.3) is 10.8 Å². The Hall–Kier alpha value is -2.12. The van der Waals surface area contributed by atoms with Crippen molar-refractivity contribution in [1.29, 1.82) is 0 Å². The minimum atomic E-state index is -6.67. The molecule has 0 radical (unpaired) electrons. The van der Waals surface area contributed by atoms with Gasteiger partial charge in [0.15, 0.2) is 15.0 Å². The molecule has 41 heavy (non-hydrogen) atoms. The lowest BCUT2D eigenvalue weighted by Crippen LogP contribution is -2.56. The first-order chi connectivity index (χ1) is 19.1. The first kappa shape index (κ1) is 30.3. The summed E-state index contributed by atoms with van der Waals surface area (Å²) in [6.45, 7) is 0. The normalized spacial score (nSPS) is 28.8. The highest BCUT2D eigenvalue weighted by molar-refractivity contribution is 7.97. The monoisotopic (exact) mass is 622 g/mol. The number of fused-ring (bicyclic) bond motifs is 1. The van der Waals surface area contributed by atoms with Gasteiger partial charge in [0.05, 0.1) is 5.41 Å². The molecule has 0 amide bonds. The molecule has 2 aromatic carbocycles. The number of phenolic OH excluding ortho intramolecular Hbond substituents is 1. The number of rotatable bonds is 5. The largest absolute Gasteiger partial charge is 0.743 e. The van der Waals surface area contributed by atoms with Crippen LogP contribution in [0.4, 0.5) is 22.0 Å². The number of halogens is 5. The molecule has 1 saturated heterocycles. The van der Waals surface area contributed by atoms with Gasteiger partial charge in [-0.3, -0.25) is 4.79 Å². The van der Waals surface area contributed by atoms with Gasteiger partial charge in [0.2, 0.25) is 0 Å². The molecule has 5 aliphatic rings. The molecular formula is C28H31F5O6S2. The van der Waals surface area contributed by atoms with Crippen molar-refractivity contribution in [2.45, 2.75) is 73.8 Å². The molecule has 13 heteroatoms. The molecule has 2 aromatic rings. The van der Waals surface area contributed by atoms with E-state index in [-0.39, 0.29) is 37.0 Å². The Morgan fingerprint density at radius 2 is 1.44 bits per heavy atom. The second-order valence-corrected chi connectivity index (χ2v) is 15.5. The van der Waals surface area contributed by atoms with E-state index in [1.165, 1.54) is 34.6 Å². The van der Waals surface area contributed by atoms with Gasteiger partial charge in [-0.2, -0.15) is 22.0 Å². The number of alkyl halides is 5. The van der Waals surface area contributed by atoms with Gasteiger partial charge < -0.3 is 14.4 Å². The van der Waals surface area contributed by atoms with Crippen molar-refractivity contribution < 1.29 is 49.6 Å². The molecule has 1 aliphatic heterocycles. The van der Waals surface area contributed by atoms with Crippen molar-refractivity contribution in [3.63, 3.8) is 0 Å². The fourth-order valence-electron chi connectivity index (χ4n) is 7.43. The average molecular weight is 623 g/mol. The van der Waals surface area contributed by atoms with Gasteiger partial charge in [0.1, 0.15) is 17.3 Å². The van der Waals surface area contributed by atoms with E-state index in [2.05, 4.69) is 22.9 Å². The number of benzene rings is 2. The molecule has 7 rings (SSSR count). The summed E-state index contributed by atoms with van der Waals surface area (Å²) in [6.07, 6.45) is -4.19. The van der Waals surface area contributed by atoms with Crippen LogP contribution in [-0.2, 0) is 30.5 Å². The molecule has 4 aliphatic carbocycles. The number of hydrogen-bond acceptors (Lipinski definition) is 6. The van der Waals surface area contributed by atoms with E-state index in [1.807, 2.05) is 18.2 Å². The van der Waals surface area contributed by atoms with Crippen LogP contribution in [0.15, 0.2) is 41.3 Å². The van der Waals surface area contributed by atoms with E-state index in [1.54, 1.807) is 0 Å². The summed E-state index contributed by atoms with van der Waals surface area (Å²) in [5, 5.41) is 6.30. The lowest BCUT2D eigenvalue weighted by atomic mass is 9.49. The molecule has 4 saturated carbocycles. The zero-order chi connectivity index (χ0) is 29.8. The lowest BCUT2D eigenvalue weighted by molar-refractivity contribution is -0.266. The van der Waals surface area contributed by atoms with E-state index in [4.69, 9.17) is 0 Å². The van der Waals surface area contributed by atoms with Crippen molar-refractivity contribution in [2.75, 3.05) is 11.5 Å². The highest BCUT2D eigenvalue weighted by atomic mass is 32.2. The van der Waals surface area contributed by atoms with Crippen LogP contribution < -0.4 is 0 Å². The number of esters is 1. The Kier molecular flexibility index (Phi) is 8.04. The summed E-state index contributed by atoms with van der Waals surface area (Å²) < 4.78 is 102. The number of phenols is 1. The van der Waals surface area contributed by atoms with Crippen LogP contribution >= 0.6 is 0 Å². The number of ether oxygens (including phenoxy) is 1. The Balaban J connectivity index is 0.000000181. The van der Waals surface area contributed by atoms with Crippen molar-refractivity contribution in [3.05, 3.63) is 36.4 Å². The van der Waals surface area contributed by atoms with Gasteiger partial charge in [0.25, 0.3) is 6.10 Å². The van der Waals surface area contributed by atoms with E-state index in [0.717, 1.165) is 24.6 Å². The molecule has 0 aromatic heterocycles. The molecule has 4 bridgehead atoms. The second kappa shape index (κ2) is 10.9. The number of carbonyl (C=O) groups excluding carboxylic acids is 1. The topological polar surface area (TPSA) is 104 Å². The summed E-state index contributed by atoms with van der Waals surface area (Å²) in [5.41, 5.74) is -1.29. The summed E-state index contributed by atoms with van der Waals surface area (Å²) in [6, 6.07) is 12.2. The van der Waals surface area contributed by atoms with E-state index < -0.39 is 39.0 Å². The quantitative estimate of drug-likeness (QED) is 0.186. The van der Waals surface area contributed by atoms with E-state index in [0.29, 0.717) is 16.6 Å². The molecule has 1 unspecified atom stereocenters. The highest BCUT2D eigenvalue weighted by Crippen LogP contribution is 2.60. The van der Waals surface area contributed by atoms with Crippen LogP contribution in [0.5, 0.6) is 5.75 Å². The molecule has 1 N–H and O–H groups in total. The molecule has 0 spiro atoms. The van der Waals surface area contributed by atoms with Crippen LogP contribution in [0.2, 0.25) is 0 Å². The van der Waals surface area contributed by atoms with E-state index in [9.17, 15) is 44.8 Å². The SMILES string of the molecule is O=C(OC(C(F)(F)F)C(F)(F)S(=O)(=O)[O-])C12CC3CC(CC(C3)C1)C2.Oc1ccc([S+]2CCCC2)c2ccccc12. The number of carbonyl (C=O) groups is 1. The Morgan fingerprint density at radius 1 is 0.927 bits per heavy atom. The molecule has 6 nitrogen and oxygen atoms in total. The predicted octanol–water partition coefficient (Wildman–Crippen LogP) is 6.13. The number of hydrogen-bond donors (Lipinski definition) is 1. The maximum Gasteiger partial charge on any atom is 0.432 e. The summed E-state index contributed by atoms with van der Waals surface area (Å²) in [4.78, 5) is 13.8. The van der Waals surface area contributed by atoms with Gasteiger partial charge in [-0.15, -0.1) is 0 Å². The predicted molar refractivity (Wildman–Crippen MR) is 141 cm³/mol. The Labute approximate surface area is 237 Å². The first-order valence-electron chi connectivity index (χ1n) is 13.6. The van der Waals surface area contributed by atoms with Gasteiger partial charge in [-0.1, -0.05) is 18.2 Å². The third kappa shape index (κ3) is 5.90. The van der Waals surface area contributed by atoms with Crippen molar-refractivity contribution in [1.82, 2.24) is 0 Å². The summed E-state index contributed by atoms with van der Waals surface area (Å²) in [5.74, 6) is 1.98. The minimum Gasteiger partial charge on any atom is -0.743 e. The standard InChI is InChI=1S/C14H17F5O5S.C14H14OS/c15-13(16,17)10(14(18,19)25(21,22)23)24-11(20)12-4-7-1-8(5-12)3-9(2-7)6-12;15-13-7-8-14(16-9-3-4-10-16)12-6-2-1-5-11(12)13/h7-10H,1-6H2,(H,21,22,23);1-2,5-8H,3-4,9-10H2. The second-order valence-electron chi connectivity index (χ2n) is 11.8. The lowest BCUT2D eigenvalue weighted by Gasteiger charge is -2.55. The third-order valence-electron chi connectivity index (χ3n) is 8.84. The Morgan fingerprint density at radius 3 is 1.93 bits per heavy atom. The van der Waals surface area contributed by atoms with E-state index >= 15 is 0 Å². The molecular weight excluding hydrogens is 591 g/mol. The third-order valence-corrected chi connectivity index (χ3v) is 12.3. The van der Waals surface area contributed by atoms with Crippen LogP contribution in [0, 0.1) is 23.2 Å². The van der Waals surface area contributed by atoms with Gasteiger partial charge in [-0.25, -0.2) is 8.42 Å². The molecule has 1 atom stereocenters. The van der Waals surface area contributed by atoms with Crippen molar-refractivity contribution >= 4 is 37.8 Å².